The van der Waals surface area contributed by atoms with Crippen molar-refractivity contribution in [3.8, 4) is 0 Å². The van der Waals surface area contributed by atoms with Gasteiger partial charge in [0.15, 0.2) is 5.41 Å². The van der Waals surface area contributed by atoms with E-state index < -0.39 is 28.6 Å². The van der Waals surface area contributed by atoms with Gasteiger partial charge in [-0.3, -0.25) is 0 Å². The summed E-state index contributed by atoms with van der Waals surface area (Å²) < 4.78 is 80.2. The van der Waals surface area contributed by atoms with Crippen LogP contribution in [-0.2, 0) is 0 Å². The first kappa shape index (κ1) is 23.3. The SMILES string of the molecule is C=C(CC(C)(C)C(C)(C(F)(F)F)C(F)(F)F)C(C)(C)CC(C)(C)C. The Morgan fingerprint density at radius 1 is 0.708 bits per heavy atom. The maximum Gasteiger partial charge on any atom is 0.403 e. The molecule has 0 N–H and O–H groups in total. The molecule has 0 amide bonds. The lowest BCUT2D eigenvalue weighted by Gasteiger charge is -2.48. The molecule has 0 heterocycles. The summed E-state index contributed by atoms with van der Waals surface area (Å²) in [5, 5.41) is 0. The molecule has 0 aromatic rings. The van der Waals surface area contributed by atoms with Gasteiger partial charge in [-0.1, -0.05) is 60.6 Å². The van der Waals surface area contributed by atoms with Crippen LogP contribution in [0.4, 0.5) is 26.3 Å². The number of rotatable bonds is 5. The van der Waals surface area contributed by atoms with E-state index in [1.807, 2.05) is 34.6 Å². The van der Waals surface area contributed by atoms with Crippen LogP contribution in [0.2, 0.25) is 0 Å². The molecule has 0 spiro atoms. The van der Waals surface area contributed by atoms with Gasteiger partial charge in [0.05, 0.1) is 0 Å². The Morgan fingerprint density at radius 3 is 1.29 bits per heavy atom. The Hall–Kier alpha value is -0.680. The quantitative estimate of drug-likeness (QED) is 0.351. The highest BCUT2D eigenvalue weighted by Crippen LogP contribution is 2.62. The van der Waals surface area contributed by atoms with Crippen LogP contribution >= 0.6 is 0 Å². The topological polar surface area (TPSA) is 0 Å². The molecule has 0 nitrogen and oxygen atoms in total. The van der Waals surface area contributed by atoms with Crippen LogP contribution < -0.4 is 0 Å². The van der Waals surface area contributed by atoms with Crippen LogP contribution in [0.15, 0.2) is 12.2 Å². The second-order valence-electron chi connectivity index (χ2n) is 9.41. The highest BCUT2D eigenvalue weighted by molar-refractivity contribution is 5.14. The molecule has 144 valence electrons. The molecule has 0 radical (unpaired) electrons. The molecule has 6 heteroatoms. The Morgan fingerprint density at radius 2 is 1.04 bits per heavy atom. The van der Waals surface area contributed by atoms with Gasteiger partial charge >= 0.3 is 12.4 Å². The zero-order valence-electron chi connectivity index (χ0n) is 15.9. The van der Waals surface area contributed by atoms with E-state index in [-0.39, 0.29) is 18.8 Å². The number of hydrogen-bond donors (Lipinski definition) is 0. The minimum Gasteiger partial charge on any atom is -0.170 e. The standard InChI is InChI=1S/C18H30F6/c1-12(14(5,6)11-13(2,3)4)10-15(7,8)16(9,17(19,20)21)18(22,23)24/h1,10-11H2,2-9H3. The molecule has 0 aliphatic carbocycles. The van der Waals surface area contributed by atoms with E-state index in [2.05, 4.69) is 6.58 Å². The van der Waals surface area contributed by atoms with Gasteiger partial charge in [-0.25, -0.2) is 0 Å². The fourth-order valence-electron chi connectivity index (χ4n) is 3.33. The van der Waals surface area contributed by atoms with Crippen molar-refractivity contribution in [3.05, 3.63) is 12.2 Å². The molecule has 0 fully saturated rings. The summed E-state index contributed by atoms with van der Waals surface area (Å²) in [7, 11) is 0. The summed E-state index contributed by atoms with van der Waals surface area (Å²) >= 11 is 0. The van der Waals surface area contributed by atoms with Gasteiger partial charge in [-0.05, 0) is 36.0 Å². The number of allylic oxidation sites excluding steroid dienone is 1. The molecular weight excluding hydrogens is 330 g/mol. The summed E-state index contributed by atoms with van der Waals surface area (Å²) in [5.74, 6) is 0. The minimum atomic E-state index is -5.40. The van der Waals surface area contributed by atoms with Crippen molar-refractivity contribution in [2.75, 3.05) is 0 Å². The van der Waals surface area contributed by atoms with Gasteiger partial charge in [0.1, 0.15) is 0 Å². The van der Waals surface area contributed by atoms with E-state index in [4.69, 9.17) is 0 Å². The summed E-state index contributed by atoms with van der Waals surface area (Å²) in [5.41, 5.74) is -6.16. The Kier molecular flexibility index (Phi) is 6.06. The largest absolute Gasteiger partial charge is 0.403 e. The predicted molar refractivity (Wildman–Crippen MR) is 85.6 cm³/mol. The van der Waals surface area contributed by atoms with E-state index in [1.165, 1.54) is 0 Å². The van der Waals surface area contributed by atoms with E-state index in [1.54, 1.807) is 0 Å². The van der Waals surface area contributed by atoms with Crippen molar-refractivity contribution < 1.29 is 26.3 Å². The van der Waals surface area contributed by atoms with Gasteiger partial charge in [0.2, 0.25) is 0 Å². The zero-order valence-corrected chi connectivity index (χ0v) is 15.9. The number of alkyl halides is 6. The van der Waals surface area contributed by atoms with Gasteiger partial charge in [0, 0.05) is 0 Å². The molecule has 0 aromatic carbocycles. The first-order valence-electron chi connectivity index (χ1n) is 7.90. The monoisotopic (exact) mass is 360 g/mol. The van der Waals surface area contributed by atoms with Crippen molar-refractivity contribution in [1.82, 2.24) is 0 Å². The highest BCUT2D eigenvalue weighted by Gasteiger charge is 2.73. The highest BCUT2D eigenvalue weighted by atomic mass is 19.4. The molecule has 0 atom stereocenters. The zero-order chi connectivity index (χ0) is 20.0. The van der Waals surface area contributed by atoms with Crippen LogP contribution in [0.5, 0.6) is 0 Å². The second-order valence-corrected chi connectivity index (χ2v) is 9.41. The molecule has 0 aromatic heterocycles. The number of halogens is 6. The van der Waals surface area contributed by atoms with Gasteiger partial charge in [-0.2, -0.15) is 26.3 Å². The smallest absolute Gasteiger partial charge is 0.170 e. The van der Waals surface area contributed by atoms with Gasteiger partial charge in [-0.15, -0.1) is 0 Å². The van der Waals surface area contributed by atoms with Gasteiger partial charge < -0.3 is 0 Å². The fourth-order valence-corrected chi connectivity index (χ4v) is 3.33. The molecule has 0 unspecified atom stereocenters. The fraction of sp³-hybridized carbons (Fsp3) is 0.889. The predicted octanol–water partition coefficient (Wildman–Crippen LogP) is 7.55. The van der Waals surface area contributed by atoms with Crippen LogP contribution in [0.25, 0.3) is 0 Å². The third-order valence-corrected chi connectivity index (χ3v) is 5.07. The average molecular weight is 360 g/mol. The summed E-state index contributed by atoms with van der Waals surface area (Å²) in [6.45, 7) is 15.7. The average Bonchev–Trinajstić information content (AvgIpc) is 2.20. The van der Waals surface area contributed by atoms with E-state index in [0.29, 0.717) is 12.0 Å². The van der Waals surface area contributed by atoms with Crippen molar-refractivity contribution in [3.63, 3.8) is 0 Å². The molecule has 0 rings (SSSR count). The first-order valence-corrected chi connectivity index (χ1v) is 7.90. The lowest BCUT2D eigenvalue weighted by molar-refractivity contribution is -0.367. The first-order chi connectivity index (χ1) is 10.1. The van der Waals surface area contributed by atoms with Crippen LogP contribution in [0, 0.1) is 21.7 Å². The molecule has 0 saturated heterocycles. The minimum absolute atomic E-state index is 0.117. The normalized spacial score (nSPS) is 15.6. The molecule has 0 aliphatic heterocycles. The molecular formula is C18H30F6. The van der Waals surface area contributed by atoms with Crippen molar-refractivity contribution in [2.45, 2.75) is 80.6 Å². The van der Waals surface area contributed by atoms with E-state index >= 15 is 0 Å². The number of hydrogen-bond acceptors (Lipinski definition) is 0. The van der Waals surface area contributed by atoms with Crippen molar-refractivity contribution >= 4 is 0 Å². The van der Waals surface area contributed by atoms with Crippen LogP contribution in [-0.4, -0.2) is 12.4 Å². The molecule has 24 heavy (non-hydrogen) atoms. The summed E-state index contributed by atoms with van der Waals surface area (Å²) in [6, 6.07) is 0. The Labute approximate surface area is 141 Å². The van der Waals surface area contributed by atoms with Crippen LogP contribution in [0.3, 0.4) is 0 Å². The lowest BCUT2D eigenvalue weighted by atomic mass is 9.59. The second kappa shape index (κ2) is 6.24. The lowest BCUT2D eigenvalue weighted by Crippen LogP contribution is -2.57. The third-order valence-electron chi connectivity index (χ3n) is 5.07. The summed E-state index contributed by atoms with van der Waals surface area (Å²) in [4.78, 5) is 0. The third kappa shape index (κ3) is 4.69. The van der Waals surface area contributed by atoms with Crippen molar-refractivity contribution in [1.29, 1.82) is 0 Å². The maximum absolute atomic E-state index is 13.4. The maximum atomic E-state index is 13.4. The summed E-state index contributed by atoms with van der Waals surface area (Å²) in [6.07, 6.45) is -10.5. The molecule has 0 aliphatic rings. The van der Waals surface area contributed by atoms with E-state index in [9.17, 15) is 26.3 Å². The Bertz CT molecular complexity index is 443. The van der Waals surface area contributed by atoms with Crippen LogP contribution in [0.1, 0.15) is 68.2 Å². The molecule has 0 saturated carbocycles. The van der Waals surface area contributed by atoms with Crippen molar-refractivity contribution in [2.24, 2.45) is 21.7 Å². The molecule has 0 bridgehead atoms. The van der Waals surface area contributed by atoms with Gasteiger partial charge in [0.25, 0.3) is 0 Å². The van der Waals surface area contributed by atoms with E-state index in [0.717, 1.165) is 13.8 Å². The Balaban J connectivity index is 5.79.